The molecule has 0 heterocycles. The highest BCUT2D eigenvalue weighted by molar-refractivity contribution is 5.92. The van der Waals surface area contributed by atoms with Crippen molar-refractivity contribution in [2.24, 2.45) is 11.3 Å². The summed E-state index contributed by atoms with van der Waals surface area (Å²) in [6.07, 6.45) is -10.2. The average molecular weight is 320 g/mol. The summed E-state index contributed by atoms with van der Waals surface area (Å²) in [5.74, 6) is -3.15. The Labute approximate surface area is 119 Å². The largest absolute Gasteiger partial charge is 0.500 e. The summed E-state index contributed by atoms with van der Waals surface area (Å²) in [5, 5.41) is 0. The quantitative estimate of drug-likeness (QED) is 0.404. The van der Waals surface area contributed by atoms with E-state index in [1.165, 1.54) is 6.92 Å². The molecule has 1 unspecified atom stereocenters. The van der Waals surface area contributed by atoms with Gasteiger partial charge in [0, 0.05) is 12.0 Å². The van der Waals surface area contributed by atoms with Crippen LogP contribution in [0.2, 0.25) is 0 Å². The molecular weight excluding hydrogens is 302 g/mol. The van der Waals surface area contributed by atoms with Gasteiger partial charge in [-0.1, -0.05) is 6.92 Å². The van der Waals surface area contributed by atoms with Gasteiger partial charge in [0.15, 0.2) is 5.78 Å². The van der Waals surface area contributed by atoms with Crippen molar-refractivity contribution < 1.29 is 35.9 Å². The monoisotopic (exact) mass is 320 g/mol. The molecule has 8 heteroatoms. The minimum atomic E-state index is -4.69. The third kappa shape index (κ3) is 5.59. The standard InChI is InChI=1S/C13H18F6O2/c1-5-8(7-12(14,15)16)9(20)6-10(21-4)11(2,3)13(17,18)19/h6,8H,5,7H2,1-4H3/b10-6-. The number of methoxy groups -OCH3 is 1. The minimum Gasteiger partial charge on any atom is -0.500 e. The number of hydrogen-bond donors (Lipinski definition) is 0. The molecule has 21 heavy (non-hydrogen) atoms. The van der Waals surface area contributed by atoms with Gasteiger partial charge in [0.2, 0.25) is 0 Å². The van der Waals surface area contributed by atoms with Crippen LogP contribution in [0.4, 0.5) is 26.3 Å². The van der Waals surface area contributed by atoms with Gasteiger partial charge in [-0.3, -0.25) is 4.79 Å². The average Bonchev–Trinajstić information content (AvgIpc) is 2.29. The summed E-state index contributed by atoms with van der Waals surface area (Å²) in [6, 6.07) is 0. The lowest BCUT2D eigenvalue weighted by Gasteiger charge is -2.29. The van der Waals surface area contributed by atoms with Crippen molar-refractivity contribution in [1.82, 2.24) is 0 Å². The number of carbonyl (C=O) groups is 1. The van der Waals surface area contributed by atoms with Gasteiger partial charge >= 0.3 is 12.4 Å². The van der Waals surface area contributed by atoms with Crippen LogP contribution in [-0.4, -0.2) is 25.2 Å². The first-order chi connectivity index (χ1) is 9.26. The second-order valence-corrected chi connectivity index (χ2v) is 5.16. The van der Waals surface area contributed by atoms with Crippen LogP contribution in [0, 0.1) is 11.3 Å². The minimum absolute atomic E-state index is 0.127. The van der Waals surface area contributed by atoms with Crippen LogP contribution in [0.15, 0.2) is 11.8 Å². The number of ether oxygens (including phenoxy) is 1. The summed E-state index contributed by atoms with van der Waals surface area (Å²) in [7, 11) is 0.942. The van der Waals surface area contributed by atoms with E-state index in [-0.39, 0.29) is 6.42 Å². The fourth-order valence-electron chi connectivity index (χ4n) is 1.61. The topological polar surface area (TPSA) is 26.3 Å². The Kier molecular flexibility index (Phi) is 6.31. The van der Waals surface area contributed by atoms with Crippen molar-refractivity contribution in [2.75, 3.05) is 7.11 Å². The van der Waals surface area contributed by atoms with E-state index >= 15 is 0 Å². The Bertz CT molecular complexity index is 392. The number of allylic oxidation sites excluding steroid dienone is 2. The number of ketones is 1. The molecule has 124 valence electrons. The zero-order chi connectivity index (χ0) is 17.1. The molecule has 0 amide bonds. The van der Waals surface area contributed by atoms with E-state index in [0.29, 0.717) is 6.08 Å². The molecule has 0 aliphatic rings. The van der Waals surface area contributed by atoms with Crippen molar-refractivity contribution in [2.45, 2.75) is 46.0 Å². The fraction of sp³-hybridized carbons (Fsp3) is 0.769. The molecule has 0 spiro atoms. The molecule has 0 aliphatic heterocycles. The number of hydrogen-bond acceptors (Lipinski definition) is 2. The summed E-state index contributed by atoms with van der Waals surface area (Å²) < 4.78 is 80.1. The zero-order valence-corrected chi connectivity index (χ0v) is 12.2. The van der Waals surface area contributed by atoms with Gasteiger partial charge in [0.1, 0.15) is 11.2 Å². The molecular formula is C13H18F6O2. The first-order valence-electron chi connectivity index (χ1n) is 6.19. The van der Waals surface area contributed by atoms with E-state index in [1.54, 1.807) is 0 Å². The lowest BCUT2D eigenvalue weighted by Crippen LogP contribution is -2.35. The Morgan fingerprint density at radius 2 is 1.62 bits per heavy atom. The molecule has 0 aliphatic carbocycles. The van der Waals surface area contributed by atoms with E-state index in [4.69, 9.17) is 0 Å². The number of alkyl halides is 6. The van der Waals surface area contributed by atoms with Crippen LogP contribution in [0.5, 0.6) is 0 Å². The highest BCUT2D eigenvalue weighted by Gasteiger charge is 2.51. The lowest BCUT2D eigenvalue weighted by atomic mass is 9.87. The highest BCUT2D eigenvalue weighted by atomic mass is 19.4. The molecule has 0 aromatic rings. The van der Waals surface area contributed by atoms with Crippen molar-refractivity contribution in [3.05, 3.63) is 11.8 Å². The van der Waals surface area contributed by atoms with Gasteiger partial charge < -0.3 is 4.74 Å². The molecule has 0 rings (SSSR count). The van der Waals surface area contributed by atoms with Crippen molar-refractivity contribution in [3.63, 3.8) is 0 Å². The van der Waals surface area contributed by atoms with E-state index in [9.17, 15) is 31.1 Å². The second kappa shape index (κ2) is 6.70. The molecule has 0 bridgehead atoms. The van der Waals surface area contributed by atoms with E-state index in [0.717, 1.165) is 21.0 Å². The maximum Gasteiger partial charge on any atom is 0.400 e. The molecule has 2 nitrogen and oxygen atoms in total. The second-order valence-electron chi connectivity index (χ2n) is 5.16. The SMILES string of the molecule is CCC(CC(F)(F)F)C(=O)/C=C(\OC)C(C)(C)C(F)(F)F. The number of halogens is 6. The summed E-state index contributed by atoms with van der Waals surface area (Å²) in [4.78, 5) is 11.8. The molecule has 1 atom stereocenters. The van der Waals surface area contributed by atoms with Crippen LogP contribution in [0.25, 0.3) is 0 Å². The maximum absolute atomic E-state index is 12.9. The predicted molar refractivity (Wildman–Crippen MR) is 64.4 cm³/mol. The van der Waals surface area contributed by atoms with Crippen LogP contribution in [0.3, 0.4) is 0 Å². The first kappa shape index (κ1) is 19.8. The van der Waals surface area contributed by atoms with Gasteiger partial charge in [-0.25, -0.2) is 0 Å². The third-order valence-corrected chi connectivity index (χ3v) is 3.19. The smallest absolute Gasteiger partial charge is 0.400 e. The Morgan fingerprint density at radius 1 is 1.14 bits per heavy atom. The Balaban J connectivity index is 5.38. The lowest BCUT2D eigenvalue weighted by molar-refractivity contribution is -0.208. The molecule has 0 fully saturated rings. The van der Waals surface area contributed by atoms with Gasteiger partial charge in [0.05, 0.1) is 13.5 Å². The summed E-state index contributed by atoms with van der Waals surface area (Å²) in [5.41, 5.74) is -2.46. The highest BCUT2D eigenvalue weighted by Crippen LogP contribution is 2.43. The Hall–Kier alpha value is -1.21. The van der Waals surface area contributed by atoms with E-state index in [1.807, 2.05) is 0 Å². The zero-order valence-electron chi connectivity index (χ0n) is 12.2. The van der Waals surface area contributed by atoms with E-state index in [2.05, 4.69) is 4.74 Å². The van der Waals surface area contributed by atoms with Crippen molar-refractivity contribution in [3.8, 4) is 0 Å². The number of carbonyl (C=O) groups excluding carboxylic acids is 1. The van der Waals surface area contributed by atoms with E-state index < -0.39 is 41.6 Å². The van der Waals surface area contributed by atoms with Crippen molar-refractivity contribution in [1.29, 1.82) is 0 Å². The molecule has 0 aromatic heterocycles. The summed E-state index contributed by atoms with van der Waals surface area (Å²) >= 11 is 0. The number of rotatable bonds is 6. The van der Waals surface area contributed by atoms with Gasteiger partial charge in [-0.05, 0) is 20.3 Å². The molecule has 0 saturated heterocycles. The summed E-state index contributed by atoms with van der Waals surface area (Å²) in [6.45, 7) is 2.95. The van der Waals surface area contributed by atoms with Crippen LogP contribution in [-0.2, 0) is 9.53 Å². The first-order valence-corrected chi connectivity index (χ1v) is 6.19. The third-order valence-electron chi connectivity index (χ3n) is 3.19. The predicted octanol–water partition coefficient (Wildman–Crippen LogP) is 4.65. The Morgan fingerprint density at radius 3 is 1.90 bits per heavy atom. The van der Waals surface area contributed by atoms with Crippen LogP contribution in [0.1, 0.15) is 33.6 Å². The fourth-order valence-corrected chi connectivity index (χ4v) is 1.61. The maximum atomic E-state index is 12.9. The molecule has 0 radical (unpaired) electrons. The van der Waals surface area contributed by atoms with Crippen LogP contribution < -0.4 is 0 Å². The van der Waals surface area contributed by atoms with Gasteiger partial charge in [-0.2, -0.15) is 26.3 Å². The molecule has 0 aromatic carbocycles. The molecule has 0 N–H and O–H groups in total. The van der Waals surface area contributed by atoms with Gasteiger partial charge in [-0.15, -0.1) is 0 Å². The van der Waals surface area contributed by atoms with Crippen LogP contribution >= 0.6 is 0 Å². The van der Waals surface area contributed by atoms with Crippen molar-refractivity contribution >= 4 is 5.78 Å². The molecule has 0 saturated carbocycles. The van der Waals surface area contributed by atoms with Gasteiger partial charge in [0.25, 0.3) is 0 Å². The normalized spacial score (nSPS) is 15.8.